The lowest BCUT2D eigenvalue weighted by atomic mass is 10.1. The fourth-order valence-corrected chi connectivity index (χ4v) is 3.17. The molecule has 0 amide bonds. The highest BCUT2D eigenvalue weighted by molar-refractivity contribution is 7.99. The molecule has 0 aliphatic rings. The maximum atomic E-state index is 6.25. The van der Waals surface area contributed by atoms with Gasteiger partial charge in [0.2, 0.25) is 0 Å². The summed E-state index contributed by atoms with van der Waals surface area (Å²) in [6, 6.07) is 9.59. The highest BCUT2D eigenvalue weighted by Gasteiger charge is 2.21. The summed E-state index contributed by atoms with van der Waals surface area (Å²) in [5, 5.41) is 1.49. The number of aryl methyl sites for hydroxylation is 1. The Balaban J connectivity index is 2.29. The molecule has 1 aromatic carbocycles. The molecule has 1 heterocycles. The van der Waals surface area contributed by atoms with Crippen molar-refractivity contribution < 1.29 is 0 Å². The summed E-state index contributed by atoms with van der Waals surface area (Å²) in [5.41, 5.74) is 8.06. The Morgan fingerprint density at radius 3 is 2.63 bits per heavy atom. The van der Waals surface area contributed by atoms with Crippen LogP contribution in [0.1, 0.15) is 23.4 Å². The summed E-state index contributed by atoms with van der Waals surface area (Å²) in [7, 11) is 0. The molecule has 3 nitrogen and oxygen atoms in total. The van der Waals surface area contributed by atoms with Crippen LogP contribution in [-0.2, 0) is 0 Å². The van der Waals surface area contributed by atoms with Gasteiger partial charge in [-0.1, -0.05) is 41.6 Å². The molecular weight excluding hydrogens is 278 g/mol. The average molecular weight is 294 g/mol. The summed E-state index contributed by atoms with van der Waals surface area (Å²) >= 11 is 7.80. The zero-order valence-electron chi connectivity index (χ0n) is 10.9. The standard InChI is InChI=1S/C14H16ClN3S/c1-9-7-8-17-14(18-9)19-13(10(2)16)11-5-3-4-6-12(11)15/h3-8,10,13H,16H2,1-2H3. The van der Waals surface area contributed by atoms with E-state index in [4.69, 9.17) is 17.3 Å². The Morgan fingerprint density at radius 1 is 1.26 bits per heavy atom. The molecule has 2 aromatic rings. The number of rotatable bonds is 4. The molecule has 0 saturated heterocycles. The predicted molar refractivity (Wildman–Crippen MR) is 80.5 cm³/mol. The van der Waals surface area contributed by atoms with Crippen LogP contribution in [0, 0.1) is 6.92 Å². The molecule has 0 radical (unpaired) electrons. The van der Waals surface area contributed by atoms with Crippen molar-refractivity contribution in [2.24, 2.45) is 5.73 Å². The van der Waals surface area contributed by atoms with Crippen LogP contribution in [0.25, 0.3) is 0 Å². The van der Waals surface area contributed by atoms with E-state index in [2.05, 4.69) is 9.97 Å². The molecule has 2 atom stereocenters. The van der Waals surface area contributed by atoms with E-state index >= 15 is 0 Å². The van der Waals surface area contributed by atoms with E-state index < -0.39 is 0 Å². The van der Waals surface area contributed by atoms with Crippen LogP contribution >= 0.6 is 23.4 Å². The maximum absolute atomic E-state index is 6.25. The van der Waals surface area contributed by atoms with Crippen LogP contribution in [0.15, 0.2) is 41.7 Å². The van der Waals surface area contributed by atoms with Crippen molar-refractivity contribution in [3.63, 3.8) is 0 Å². The van der Waals surface area contributed by atoms with Crippen LogP contribution in [0.2, 0.25) is 5.02 Å². The quantitative estimate of drug-likeness (QED) is 0.691. The molecule has 0 spiro atoms. The van der Waals surface area contributed by atoms with Crippen LogP contribution in [0.5, 0.6) is 0 Å². The van der Waals surface area contributed by atoms with Crippen molar-refractivity contribution in [1.82, 2.24) is 9.97 Å². The molecule has 0 bridgehead atoms. The number of hydrogen-bond acceptors (Lipinski definition) is 4. The van der Waals surface area contributed by atoms with Gasteiger partial charge >= 0.3 is 0 Å². The lowest BCUT2D eigenvalue weighted by Gasteiger charge is -2.21. The van der Waals surface area contributed by atoms with Gasteiger partial charge in [-0.05, 0) is 31.5 Å². The largest absolute Gasteiger partial charge is 0.327 e. The van der Waals surface area contributed by atoms with Gasteiger partial charge in [0.05, 0.1) is 5.25 Å². The summed E-state index contributed by atoms with van der Waals surface area (Å²) in [6.07, 6.45) is 1.76. The molecule has 2 N–H and O–H groups in total. The van der Waals surface area contributed by atoms with E-state index in [1.165, 1.54) is 0 Å². The monoisotopic (exact) mass is 293 g/mol. The Kier molecular flexibility index (Phi) is 4.80. The summed E-state index contributed by atoms with van der Waals surface area (Å²) < 4.78 is 0. The first-order valence-corrected chi connectivity index (χ1v) is 7.30. The second kappa shape index (κ2) is 6.37. The predicted octanol–water partition coefficient (Wildman–Crippen LogP) is 3.62. The minimum atomic E-state index is -0.0472. The zero-order valence-corrected chi connectivity index (χ0v) is 12.4. The number of hydrogen-bond donors (Lipinski definition) is 1. The van der Waals surface area contributed by atoms with Crippen LogP contribution < -0.4 is 5.73 Å². The van der Waals surface area contributed by atoms with E-state index in [0.29, 0.717) is 0 Å². The lowest BCUT2D eigenvalue weighted by Crippen LogP contribution is -2.23. The van der Waals surface area contributed by atoms with Gasteiger partial charge in [0.15, 0.2) is 5.16 Å². The van der Waals surface area contributed by atoms with Crippen molar-refractivity contribution in [1.29, 1.82) is 0 Å². The Hall–Kier alpha value is -1.10. The summed E-state index contributed by atoms with van der Waals surface area (Å²) in [5.74, 6) is 0. The zero-order chi connectivity index (χ0) is 13.8. The molecule has 2 rings (SSSR count). The second-order valence-corrected chi connectivity index (χ2v) is 5.92. The molecular formula is C14H16ClN3S. The highest BCUT2D eigenvalue weighted by Crippen LogP contribution is 2.38. The molecule has 19 heavy (non-hydrogen) atoms. The third-order valence-electron chi connectivity index (χ3n) is 2.69. The minimum Gasteiger partial charge on any atom is -0.327 e. The molecule has 100 valence electrons. The van der Waals surface area contributed by atoms with Gasteiger partial charge in [-0.3, -0.25) is 0 Å². The molecule has 5 heteroatoms. The number of nitrogens with zero attached hydrogens (tertiary/aromatic N) is 2. The van der Waals surface area contributed by atoms with E-state index in [0.717, 1.165) is 21.4 Å². The Bertz CT molecular complexity index is 560. The SMILES string of the molecule is Cc1ccnc(SC(c2ccccc2Cl)C(C)N)n1. The summed E-state index contributed by atoms with van der Waals surface area (Å²) in [4.78, 5) is 8.67. The number of nitrogens with two attached hydrogens (primary N) is 1. The van der Waals surface area contributed by atoms with Crippen molar-refractivity contribution >= 4 is 23.4 Å². The fraction of sp³-hybridized carbons (Fsp3) is 0.286. The van der Waals surface area contributed by atoms with Gasteiger partial charge < -0.3 is 5.73 Å². The third-order valence-corrected chi connectivity index (χ3v) is 4.38. The average Bonchev–Trinajstić information content (AvgIpc) is 2.37. The van der Waals surface area contributed by atoms with E-state index in [1.807, 2.05) is 44.2 Å². The molecule has 1 aromatic heterocycles. The van der Waals surface area contributed by atoms with E-state index in [1.54, 1.807) is 18.0 Å². The number of benzene rings is 1. The van der Waals surface area contributed by atoms with Gasteiger partial charge in [0, 0.05) is 23.0 Å². The van der Waals surface area contributed by atoms with E-state index in [9.17, 15) is 0 Å². The minimum absolute atomic E-state index is 0.0375. The number of thioether (sulfide) groups is 1. The van der Waals surface area contributed by atoms with Crippen molar-refractivity contribution in [2.75, 3.05) is 0 Å². The Labute approximate surface area is 122 Å². The molecule has 0 aliphatic heterocycles. The van der Waals surface area contributed by atoms with Gasteiger partial charge in [-0.2, -0.15) is 0 Å². The van der Waals surface area contributed by atoms with Crippen LogP contribution in [0.3, 0.4) is 0 Å². The van der Waals surface area contributed by atoms with Crippen molar-refractivity contribution in [2.45, 2.75) is 30.3 Å². The molecule has 0 aliphatic carbocycles. The van der Waals surface area contributed by atoms with Gasteiger partial charge in [0.1, 0.15) is 0 Å². The van der Waals surface area contributed by atoms with E-state index in [-0.39, 0.29) is 11.3 Å². The number of halogens is 1. The third kappa shape index (κ3) is 3.69. The van der Waals surface area contributed by atoms with Gasteiger partial charge in [-0.25, -0.2) is 9.97 Å². The smallest absolute Gasteiger partial charge is 0.188 e. The first-order chi connectivity index (χ1) is 9.08. The fourth-order valence-electron chi connectivity index (χ4n) is 1.76. The maximum Gasteiger partial charge on any atom is 0.188 e. The van der Waals surface area contributed by atoms with Crippen LogP contribution in [-0.4, -0.2) is 16.0 Å². The molecule has 2 unspecified atom stereocenters. The topological polar surface area (TPSA) is 51.8 Å². The normalized spacial score (nSPS) is 14.1. The van der Waals surface area contributed by atoms with Gasteiger partial charge in [0.25, 0.3) is 0 Å². The molecule has 0 fully saturated rings. The van der Waals surface area contributed by atoms with Crippen molar-refractivity contribution in [3.8, 4) is 0 Å². The van der Waals surface area contributed by atoms with Crippen molar-refractivity contribution in [3.05, 3.63) is 52.8 Å². The Morgan fingerprint density at radius 2 is 2.00 bits per heavy atom. The first-order valence-electron chi connectivity index (χ1n) is 6.04. The molecule has 0 saturated carbocycles. The highest BCUT2D eigenvalue weighted by atomic mass is 35.5. The second-order valence-electron chi connectivity index (χ2n) is 4.40. The first kappa shape index (κ1) is 14.3. The number of aromatic nitrogens is 2. The summed E-state index contributed by atoms with van der Waals surface area (Å²) in [6.45, 7) is 3.92. The van der Waals surface area contributed by atoms with Gasteiger partial charge in [-0.15, -0.1) is 0 Å². The van der Waals surface area contributed by atoms with Crippen LogP contribution in [0.4, 0.5) is 0 Å². The lowest BCUT2D eigenvalue weighted by molar-refractivity contribution is 0.717.